The van der Waals surface area contributed by atoms with Crippen molar-refractivity contribution >= 4 is 34.2 Å². The molecule has 0 unspecified atom stereocenters. The van der Waals surface area contributed by atoms with E-state index in [0.29, 0.717) is 11.0 Å². The van der Waals surface area contributed by atoms with Gasteiger partial charge >= 0.3 is 0 Å². The van der Waals surface area contributed by atoms with E-state index in [1.165, 1.54) is 16.9 Å². The van der Waals surface area contributed by atoms with E-state index in [0.717, 1.165) is 15.5 Å². The van der Waals surface area contributed by atoms with E-state index in [-0.39, 0.29) is 43.5 Å². The number of rotatable bonds is 6. The van der Waals surface area contributed by atoms with Crippen LogP contribution in [-0.2, 0) is 14.4 Å². The first kappa shape index (κ1) is 18.2. The lowest BCUT2D eigenvalue weighted by Gasteiger charge is -2.12. The second kappa shape index (κ2) is 7.74. The zero-order chi connectivity index (χ0) is 18.7. The van der Waals surface area contributed by atoms with E-state index in [9.17, 15) is 14.4 Å². The van der Waals surface area contributed by atoms with Gasteiger partial charge in [0.05, 0.1) is 0 Å². The lowest BCUT2D eigenvalue weighted by atomic mass is 10.0. The molecule has 1 aliphatic rings. The van der Waals surface area contributed by atoms with Crippen molar-refractivity contribution in [1.82, 2.24) is 15.1 Å². The summed E-state index contributed by atoms with van der Waals surface area (Å²) in [5.41, 5.74) is 2.19. The lowest BCUT2D eigenvalue weighted by Crippen LogP contribution is -2.32. The minimum absolute atomic E-state index is 0.0511. The van der Waals surface area contributed by atoms with Gasteiger partial charge in [-0.2, -0.15) is 0 Å². The monoisotopic (exact) mass is 372 g/mol. The molecule has 0 atom stereocenters. The van der Waals surface area contributed by atoms with Crippen molar-refractivity contribution in [3.05, 3.63) is 29.8 Å². The summed E-state index contributed by atoms with van der Waals surface area (Å²) < 4.78 is 0. The smallest absolute Gasteiger partial charge is 0.229 e. The lowest BCUT2D eigenvalue weighted by molar-refractivity contribution is -0.138. The van der Waals surface area contributed by atoms with Gasteiger partial charge in [0.15, 0.2) is 0 Å². The molecule has 0 radical (unpaired) electrons. The first-order valence-electron chi connectivity index (χ1n) is 8.51. The van der Waals surface area contributed by atoms with Gasteiger partial charge in [-0.3, -0.25) is 19.3 Å². The van der Waals surface area contributed by atoms with Crippen LogP contribution < -0.4 is 5.32 Å². The Bertz CT molecular complexity index is 813. The molecule has 0 saturated carbocycles. The Balaban J connectivity index is 1.57. The number of benzene rings is 1. The van der Waals surface area contributed by atoms with Crippen molar-refractivity contribution in [2.75, 3.05) is 11.9 Å². The van der Waals surface area contributed by atoms with Gasteiger partial charge < -0.3 is 5.32 Å². The molecule has 2 aromatic rings. The molecule has 0 bridgehead atoms. The maximum Gasteiger partial charge on any atom is 0.229 e. The fourth-order valence-corrected chi connectivity index (χ4v) is 3.43. The summed E-state index contributed by atoms with van der Waals surface area (Å²) in [6.45, 7) is 4.37. The van der Waals surface area contributed by atoms with Gasteiger partial charge in [-0.15, -0.1) is 10.2 Å². The number of amides is 3. The van der Waals surface area contributed by atoms with Gasteiger partial charge in [-0.25, -0.2) is 0 Å². The Morgan fingerprint density at radius 3 is 2.42 bits per heavy atom. The Labute approximate surface area is 155 Å². The van der Waals surface area contributed by atoms with Crippen LogP contribution in [0, 0.1) is 0 Å². The molecule has 1 fully saturated rings. The predicted octanol–water partition coefficient (Wildman–Crippen LogP) is 2.81. The summed E-state index contributed by atoms with van der Waals surface area (Å²) in [7, 11) is 0. The van der Waals surface area contributed by atoms with Crippen LogP contribution in [0.2, 0.25) is 0 Å². The maximum absolute atomic E-state index is 12.0. The molecule has 1 aromatic heterocycles. The number of likely N-dealkylation sites (tertiary alicyclic amines) is 1. The number of hydrogen-bond donors (Lipinski definition) is 1. The molecular formula is C18H20N4O3S. The third kappa shape index (κ3) is 4.13. The van der Waals surface area contributed by atoms with Crippen LogP contribution in [0.15, 0.2) is 24.3 Å². The zero-order valence-corrected chi connectivity index (χ0v) is 15.5. The molecule has 3 rings (SSSR count). The average molecular weight is 372 g/mol. The van der Waals surface area contributed by atoms with Crippen LogP contribution in [0.5, 0.6) is 0 Å². The average Bonchev–Trinajstić information content (AvgIpc) is 3.20. The largest absolute Gasteiger partial charge is 0.300 e. The van der Waals surface area contributed by atoms with E-state index in [1.54, 1.807) is 0 Å². The summed E-state index contributed by atoms with van der Waals surface area (Å²) in [5.74, 6) is -0.269. The minimum Gasteiger partial charge on any atom is -0.300 e. The van der Waals surface area contributed by atoms with Crippen molar-refractivity contribution in [1.29, 1.82) is 0 Å². The van der Waals surface area contributed by atoms with Crippen LogP contribution in [0.4, 0.5) is 5.13 Å². The number of nitrogens with one attached hydrogen (secondary N) is 1. The molecule has 3 amide bonds. The predicted molar refractivity (Wildman–Crippen MR) is 98.6 cm³/mol. The van der Waals surface area contributed by atoms with Crippen molar-refractivity contribution in [3.63, 3.8) is 0 Å². The number of anilines is 1. The van der Waals surface area contributed by atoms with Crippen LogP contribution in [-0.4, -0.2) is 39.4 Å². The molecule has 1 aromatic carbocycles. The van der Waals surface area contributed by atoms with Gasteiger partial charge in [0.1, 0.15) is 5.01 Å². The second-order valence-corrected chi connectivity index (χ2v) is 7.40. The first-order chi connectivity index (χ1) is 12.4. The first-order valence-corrected chi connectivity index (χ1v) is 9.32. The van der Waals surface area contributed by atoms with Crippen molar-refractivity contribution in [2.24, 2.45) is 0 Å². The highest BCUT2D eigenvalue weighted by Crippen LogP contribution is 2.27. The zero-order valence-electron chi connectivity index (χ0n) is 14.7. The minimum atomic E-state index is -0.296. The van der Waals surface area contributed by atoms with Gasteiger partial charge in [0.25, 0.3) is 0 Å². The van der Waals surface area contributed by atoms with Crippen molar-refractivity contribution < 1.29 is 14.4 Å². The highest BCUT2D eigenvalue weighted by atomic mass is 32.1. The molecule has 8 heteroatoms. The maximum atomic E-state index is 12.0. The molecule has 7 nitrogen and oxygen atoms in total. The molecule has 1 N–H and O–H groups in total. The van der Waals surface area contributed by atoms with Crippen molar-refractivity contribution in [3.8, 4) is 10.6 Å². The van der Waals surface area contributed by atoms with Crippen LogP contribution in [0.3, 0.4) is 0 Å². The fraction of sp³-hybridized carbons (Fsp3) is 0.389. The SMILES string of the molecule is CC(C)c1ccc(-c2nnc(NC(=O)CCN3C(=O)CCC3=O)s2)cc1. The summed E-state index contributed by atoms with van der Waals surface area (Å²) in [6.07, 6.45) is 0.515. The van der Waals surface area contributed by atoms with Gasteiger partial charge in [-0.05, 0) is 11.5 Å². The quantitative estimate of drug-likeness (QED) is 0.787. The second-order valence-electron chi connectivity index (χ2n) is 6.43. The van der Waals surface area contributed by atoms with E-state index in [2.05, 4.69) is 41.5 Å². The molecule has 136 valence electrons. The van der Waals surface area contributed by atoms with Crippen LogP contribution >= 0.6 is 11.3 Å². The third-order valence-corrected chi connectivity index (χ3v) is 5.10. The van der Waals surface area contributed by atoms with E-state index >= 15 is 0 Å². The van der Waals surface area contributed by atoms with E-state index in [1.807, 2.05) is 12.1 Å². The number of carbonyl (C=O) groups is 3. The van der Waals surface area contributed by atoms with Crippen LogP contribution in [0.1, 0.15) is 44.6 Å². The molecule has 2 heterocycles. The molecule has 0 aliphatic carbocycles. The van der Waals surface area contributed by atoms with Crippen LogP contribution in [0.25, 0.3) is 10.6 Å². The highest BCUT2D eigenvalue weighted by molar-refractivity contribution is 7.18. The molecule has 0 spiro atoms. The van der Waals surface area contributed by atoms with E-state index < -0.39 is 0 Å². The Kier molecular flexibility index (Phi) is 5.41. The molecule has 1 saturated heterocycles. The van der Waals surface area contributed by atoms with Crippen molar-refractivity contribution in [2.45, 2.75) is 39.0 Å². The molecule has 26 heavy (non-hydrogen) atoms. The normalized spacial score (nSPS) is 14.3. The summed E-state index contributed by atoms with van der Waals surface area (Å²) >= 11 is 1.29. The Morgan fingerprint density at radius 1 is 1.15 bits per heavy atom. The summed E-state index contributed by atoms with van der Waals surface area (Å²) in [5, 5.41) is 11.9. The standard InChI is InChI=1S/C18H20N4O3S/c1-11(2)12-3-5-13(6-4-12)17-20-21-18(26-17)19-14(23)9-10-22-15(24)7-8-16(22)25/h3-6,11H,7-10H2,1-2H3,(H,19,21,23). The number of carbonyl (C=O) groups excluding carboxylic acids is 3. The molecule has 1 aliphatic heterocycles. The van der Waals surface area contributed by atoms with E-state index in [4.69, 9.17) is 0 Å². The fourth-order valence-electron chi connectivity index (χ4n) is 2.67. The summed E-state index contributed by atoms with van der Waals surface area (Å²) in [4.78, 5) is 36.2. The Hall–Kier alpha value is -2.61. The van der Waals surface area contributed by atoms with Gasteiger partial charge in [0, 0.05) is 31.4 Å². The molecular weight excluding hydrogens is 352 g/mol. The topological polar surface area (TPSA) is 92.3 Å². The number of aromatic nitrogens is 2. The highest BCUT2D eigenvalue weighted by Gasteiger charge is 2.28. The number of nitrogens with zero attached hydrogens (tertiary/aromatic N) is 3. The third-order valence-electron chi connectivity index (χ3n) is 4.21. The summed E-state index contributed by atoms with van der Waals surface area (Å²) in [6, 6.07) is 8.10. The Morgan fingerprint density at radius 2 is 1.81 bits per heavy atom. The number of imide groups is 1. The number of hydrogen-bond acceptors (Lipinski definition) is 6. The van der Waals surface area contributed by atoms with Gasteiger partial charge in [-0.1, -0.05) is 49.4 Å². The van der Waals surface area contributed by atoms with Gasteiger partial charge in [0.2, 0.25) is 22.9 Å².